The predicted octanol–water partition coefficient (Wildman–Crippen LogP) is 1.74. The van der Waals surface area contributed by atoms with E-state index < -0.39 is 0 Å². The molecule has 4 nitrogen and oxygen atoms in total. The Bertz CT molecular complexity index is 360. The molecule has 1 saturated heterocycles. The number of nitrogens with one attached hydrogen (secondary N) is 1. The number of rotatable bonds is 3. The third-order valence-corrected chi connectivity index (χ3v) is 3.09. The third kappa shape index (κ3) is 2.88. The second kappa shape index (κ2) is 5.36. The van der Waals surface area contributed by atoms with Crippen molar-refractivity contribution in [2.75, 3.05) is 19.6 Å². The van der Waals surface area contributed by atoms with Crippen molar-refractivity contribution >= 4 is 5.91 Å². The first-order valence-corrected chi connectivity index (χ1v) is 6.23. The summed E-state index contributed by atoms with van der Waals surface area (Å²) in [5.41, 5.74) is 0. The maximum absolute atomic E-state index is 12.3. The van der Waals surface area contributed by atoms with Crippen LogP contribution in [-0.2, 0) is 0 Å². The quantitative estimate of drug-likeness (QED) is 0.869. The first kappa shape index (κ1) is 12.2. The molecule has 0 saturated carbocycles. The lowest BCUT2D eigenvalue weighted by atomic mass is 10.0. The molecule has 0 radical (unpaired) electrons. The van der Waals surface area contributed by atoms with Crippen LogP contribution in [0.4, 0.5) is 0 Å². The van der Waals surface area contributed by atoms with Gasteiger partial charge < -0.3 is 14.6 Å². The molecule has 1 atom stereocenters. The summed E-state index contributed by atoms with van der Waals surface area (Å²) in [7, 11) is 0. The first-order valence-electron chi connectivity index (χ1n) is 6.23. The Hall–Kier alpha value is -1.29. The number of carbonyl (C=O) groups excluding carboxylic acids is 1. The summed E-state index contributed by atoms with van der Waals surface area (Å²) in [6.45, 7) is 6.87. The van der Waals surface area contributed by atoms with Crippen molar-refractivity contribution in [2.24, 2.45) is 5.92 Å². The van der Waals surface area contributed by atoms with Crippen LogP contribution in [0.3, 0.4) is 0 Å². The van der Waals surface area contributed by atoms with E-state index in [9.17, 15) is 4.79 Å². The van der Waals surface area contributed by atoms with Gasteiger partial charge in [-0.2, -0.15) is 0 Å². The van der Waals surface area contributed by atoms with E-state index in [-0.39, 0.29) is 11.9 Å². The molecule has 0 bridgehead atoms. The zero-order chi connectivity index (χ0) is 12.3. The average Bonchev–Trinajstić information content (AvgIpc) is 2.81. The molecule has 94 valence electrons. The minimum absolute atomic E-state index is 0.0159. The second-order valence-electron chi connectivity index (χ2n) is 4.96. The molecule has 0 spiro atoms. The summed E-state index contributed by atoms with van der Waals surface area (Å²) in [6.07, 6.45) is 2.58. The molecule has 17 heavy (non-hydrogen) atoms. The Morgan fingerprint density at radius 1 is 1.65 bits per heavy atom. The molecule has 2 heterocycles. The van der Waals surface area contributed by atoms with Gasteiger partial charge in [-0.15, -0.1) is 0 Å². The molecule has 1 aliphatic rings. The molecule has 0 aromatic carbocycles. The van der Waals surface area contributed by atoms with Gasteiger partial charge in [0.15, 0.2) is 5.76 Å². The lowest BCUT2D eigenvalue weighted by molar-refractivity contribution is 0.0577. The highest BCUT2D eigenvalue weighted by Crippen LogP contribution is 2.16. The molecule has 1 amide bonds. The summed E-state index contributed by atoms with van der Waals surface area (Å²) < 4.78 is 5.19. The van der Waals surface area contributed by atoms with E-state index in [1.54, 1.807) is 18.4 Å². The Balaban J connectivity index is 2.08. The van der Waals surface area contributed by atoms with E-state index in [2.05, 4.69) is 19.2 Å². The fourth-order valence-corrected chi connectivity index (χ4v) is 2.32. The number of nitrogens with zero attached hydrogens (tertiary/aromatic N) is 1. The molecule has 4 heteroatoms. The standard InChI is InChI=1S/C13H20N2O2/c1-10(2)8-11-9-14-5-6-15(11)13(16)12-4-3-7-17-12/h3-4,7,10-11,14H,5-6,8-9H2,1-2H3. The summed E-state index contributed by atoms with van der Waals surface area (Å²) >= 11 is 0. The van der Waals surface area contributed by atoms with E-state index in [4.69, 9.17) is 4.42 Å². The van der Waals surface area contributed by atoms with E-state index in [0.717, 1.165) is 26.1 Å². The van der Waals surface area contributed by atoms with Gasteiger partial charge in [0, 0.05) is 25.7 Å². The zero-order valence-electron chi connectivity index (χ0n) is 10.5. The molecule has 1 fully saturated rings. The predicted molar refractivity (Wildman–Crippen MR) is 65.9 cm³/mol. The third-order valence-electron chi connectivity index (χ3n) is 3.09. The Morgan fingerprint density at radius 3 is 3.12 bits per heavy atom. The largest absolute Gasteiger partial charge is 0.459 e. The highest BCUT2D eigenvalue weighted by Gasteiger charge is 2.28. The number of furan rings is 1. The SMILES string of the molecule is CC(C)CC1CNCCN1C(=O)c1ccco1. The van der Waals surface area contributed by atoms with Gasteiger partial charge in [-0.25, -0.2) is 0 Å². The summed E-state index contributed by atoms with van der Waals surface area (Å²) in [6, 6.07) is 3.77. The number of piperazine rings is 1. The van der Waals surface area contributed by atoms with Crippen LogP contribution < -0.4 is 5.32 Å². The lowest BCUT2D eigenvalue weighted by Gasteiger charge is -2.36. The Morgan fingerprint density at radius 2 is 2.47 bits per heavy atom. The molecule has 2 rings (SSSR count). The van der Waals surface area contributed by atoms with E-state index in [1.165, 1.54) is 0 Å². The molecular weight excluding hydrogens is 216 g/mol. The number of amides is 1. The van der Waals surface area contributed by atoms with Gasteiger partial charge in [0.05, 0.1) is 6.26 Å². The average molecular weight is 236 g/mol. The van der Waals surface area contributed by atoms with E-state index >= 15 is 0 Å². The molecule has 1 aromatic heterocycles. The molecule has 1 aliphatic heterocycles. The molecule has 1 N–H and O–H groups in total. The Kier molecular flexibility index (Phi) is 3.84. The molecule has 1 unspecified atom stereocenters. The van der Waals surface area contributed by atoms with Crippen molar-refractivity contribution in [1.82, 2.24) is 10.2 Å². The van der Waals surface area contributed by atoms with Gasteiger partial charge in [0.1, 0.15) is 0 Å². The highest BCUT2D eigenvalue weighted by molar-refractivity contribution is 5.91. The van der Waals surface area contributed by atoms with Crippen molar-refractivity contribution < 1.29 is 9.21 Å². The van der Waals surface area contributed by atoms with Crippen LogP contribution in [0.15, 0.2) is 22.8 Å². The molecule has 1 aromatic rings. The van der Waals surface area contributed by atoms with Crippen molar-refractivity contribution in [3.8, 4) is 0 Å². The van der Waals surface area contributed by atoms with Crippen LogP contribution in [-0.4, -0.2) is 36.5 Å². The van der Waals surface area contributed by atoms with Crippen molar-refractivity contribution in [1.29, 1.82) is 0 Å². The number of hydrogen-bond acceptors (Lipinski definition) is 3. The smallest absolute Gasteiger partial charge is 0.289 e. The maximum Gasteiger partial charge on any atom is 0.289 e. The Labute approximate surface area is 102 Å². The molecule has 0 aliphatic carbocycles. The van der Waals surface area contributed by atoms with Crippen LogP contribution in [0.25, 0.3) is 0 Å². The zero-order valence-corrected chi connectivity index (χ0v) is 10.5. The van der Waals surface area contributed by atoms with Gasteiger partial charge in [-0.1, -0.05) is 13.8 Å². The summed E-state index contributed by atoms with van der Waals surface area (Å²) in [5.74, 6) is 1.05. The second-order valence-corrected chi connectivity index (χ2v) is 4.96. The van der Waals surface area contributed by atoms with E-state index in [1.807, 2.05) is 4.90 Å². The van der Waals surface area contributed by atoms with Gasteiger partial charge in [0.2, 0.25) is 0 Å². The molecular formula is C13H20N2O2. The van der Waals surface area contributed by atoms with Gasteiger partial charge in [-0.05, 0) is 24.5 Å². The topological polar surface area (TPSA) is 45.5 Å². The minimum atomic E-state index is 0.0159. The lowest BCUT2D eigenvalue weighted by Crippen LogP contribution is -2.54. The van der Waals surface area contributed by atoms with E-state index in [0.29, 0.717) is 11.7 Å². The van der Waals surface area contributed by atoms with Crippen molar-refractivity contribution in [2.45, 2.75) is 26.3 Å². The van der Waals surface area contributed by atoms with Crippen LogP contribution in [0.5, 0.6) is 0 Å². The van der Waals surface area contributed by atoms with Crippen LogP contribution >= 0.6 is 0 Å². The fourth-order valence-electron chi connectivity index (χ4n) is 2.32. The van der Waals surface area contributed by atoms with Gasteiger partial charge in [-0.3, -0.25) is 4.79 Å². The number of hydrogen-bond donors (Lipinski definition) is 1. The monoisotopic (exact) mass is 236 g/mol. The normalized spacial score (nSPS) is 20.9. The van der Waals surface area contributed by atoms with Crippen molar-refractivity contribution in [3.05, 3.63) is 24.2 Å². The maximum atomic E-state index is 12.3. The van der Waals surface area contributed by atoms with Gasteiger partial charge >= 0.3 is 0 Å². The fraction of sp³-hybridized carbons (Fsp3) is 0.615. The summed E-state index contributed by atoms with van der Waals surface area (Å²) in [5, 5.41) is 3.35. The van der Waals surface area contributed by atoms with Crippen LogP contribution in [0.1, 0.15) is 30.8 Å². The first-order chi connectivity index (χ1) is 8.18. The minimum Gasteiger partial charge on any atom is -0.459 e. The highest BCUT2D eigenvalue weighted by atomic mass is 16.3. The van der Waals surface area contributed by atoms with Crippen LogP contribution in [0.2, 0.25) is 0 Å². The van der Waals surface area contributed by atoms with Gasteiger partial charge in [0.25, 0.3) is 5.91 Å². The van der Waals surface area contributed by atoms with Crippen molar-refractivity contribution in [3.63, 3.8) is 0 Å². The van der Waals surface area contributed by atoms with Crippen LogP contribution in [0, 0.1) is 5.92 Å². The summed E-state index contributed by atoms with van der Waals surface area (Å²) in [4.78, 5) is 14.2. The number of carbonyl (C=O) groups is 1.